The van der Waals surface area contributed by atoms with E-state index in [1.54, 1.807) is 12.1 Å². The van der Waals surface area contributed by atoms with Crippen LogP contribution in [0.15, 0.2) is 30.6 Å². The average molecular weight is 411 g/mol. The molecule has 3 aromatic heterocycles. The first-order valence-electron chi connectivity index (χ1n) is 8.53. The summed E-state index contributed by atoms with van der Waals surface area (Å²) >= 11 is 0. The molecule has 11 heteroatoms. The summed E-state index contributed by atoms with van der Waals surface area (Å²) in [5.41, 5.74) is 0.815. The Morgan fingerprint density at radius 3 is 2.69 bits per heavy atom. The predicted molar refractivity (Wildman–Crippen MR) is 94.0 cm³/mol. The molecule has 0 aliphatic rings. The number of aromatic nitrogens is 5. The Morgan fingerprint density at radius 2 is 2.03 bits per heavy atom. The minimum absolute atomic E-state index is 0.0185. The molecule has 0 fully saturated rings. The fourth-order valence-electron chi connectivity index (χ4n) is 2.88. The van der Waals surface area contributed by atoms with Crippen LogP contribution in [0.2, 0.25) is 0 Å². The van der Waals surface area contributed by atoms with Crippen molar-refractivity contribution in [3.8, 4) is 17.3 Å². The third kappa shape index (κ3) is 4.44. The SMILES string of the molecule is CC(F)c1nn(C)c(OCc2cccnc2-c2ccnn2CC(F)(F)F)c1C=O. The molecule has 154 valence electrons. The van der Waals surface area contributed by atoms with Gasteiger partial charge in [-0.05, 0) is 19.1 Å². The molecule has 0 bridgehead atoms. The summed E-state index contributed by atoms with van der Waals surface area (Å²) in [6.45, 7) is -0.137. The van der Waals surface area contributed by atoms with Gasteiger partial charge in [-0.3, -0.25) is 14.5 Å². The Morgan fingerprint density at radius 1 is 1.28 bits per heavy atom. The van der Waals surface area contributed by atoms with Crippen LogP contribution in [0.1, 0.15) is 34.7 Å². The predicted octanol–water partition coefficient (Wildman–Crippen LogP) is 3.66. The lowest BCUT2D eigenvalue weighted by Crippen LogP contribution is -2.19. The zero-order valence-electron chi connectivity index (χ0n) is 15.5. The van der Waals surface area contributed by atoms with Gasteiger partial charge in [0.2, 0.25) is 5.88 Å². The van der Waals surface area contributed by atoms with Crippen molar-refractivity contribution in [1.29, 1.82) is 0 Å². The Labute approximate surface area is 162 Å². The van der Waals surface area contributed by atoms with Gasteiger partial charge in [0.05, 0.1) is 11.4 Å². The third-order valence-corrected chi connectivity index (χ3v) is 4.10. The Bertz CT molecular complexity index is 1010. The van der Waals surface area contributed by atoms with E-state index in [1.807, 2.05) is 0 Å². The van der Waals surface area contributed by atoms with Gasteiger partial charge in [-0.1, -0.05) is 6.07 Å². The lowest BCUT2D eigenvalue weighted by atomic mass is 10.1. The van der Waals surface area contributed by atoms with E-state index in [0.717, 1.165) is 4.68 Å². The maximum absolute atomic E-state index is 13.7. The first-order chi connectivity index (χ1) is 13.7. The van der Waals surface area contributed by atoms with Gasteiger partial charge in [-0.2, -0.15) is 23.4 Å². The van der Waals surface area contributed by atoms with Crippen LogP contribution in [0, 0.1) is 0 Å². The molecule has 7 nitrogen and oxygen atoms in total. The second-order valence-electron chi connectivity index (χ2n) is 6.25. The second-order valence-corrected chi connectivity index (χ2v) is 6.25. The van der Waals surface area contributed by atoms with Crippen molar-refractivity contribution in [1.82, 2.24) is 24.5 Å². The van der Waals surface area contributed by atoms with E-state index in [-0.39, 0.29) is 35.1 Å². The van der Waals surface area contributed by atoms with Crippen LogP contribution >= 0.6 is 0 Å². The maximum Gasteiger partial charge on any atom is 0.408 e. The minimum Gasteiger partial charge on any atom is -0.472 e. The van der Waals surface area contributed by atoms with Crippen LogP contribution in [0.25, 0.3) is 11.4 Å². The van der Waals surface area contributed by atoms with Gasteiger partial charge in [-0.25, -0.2) is 9.07 Å². The zero-order valence-corrected chi connectivity index (χ0v) is 15.5. The summed E-state index contributed by atoms with van der Waals surface area (Å²) in [5, 5.41) is 7.67. The molecule has 0 spiro atoms. The number of halogens is 4. The molecule has 0 aliphatic heterocycles. The lowest BCUT2D eigenvalue weighted by Gasteiger charge is -2.13. The van der Waals surface area contributed by atoms with E-state index in [1.165, 1.54) is 37.1 Å². The summed E-state index contributed by atoms with van der Waals surface area (Å²) in [7, 11) is 1.50. The molecule has 3 heterocycles. The highest BCUT2D eigenvalue weighted by atomic mass is 19.4. The van der Waals surface area contributed by atoms with Crippen LogP contribution in [0.4, 0.5) is 17.6 Å². The van der Waals surface area contributed by atoms with Crippen molar-refractivity contribution in [2.75, 3.05) is 0 Å². The Hall–Kier alpha value is -3.24. The lowest BCUT2D eigenvalue weighted by molar-refractivity contribution is -0.142. The summed E-state index contributed by atoms with van der Waals surface area (Å²) in [4.78, 5) is 15.5. The molecule has 0 saturated carbocycles. The number of nitrogens with zero attached hydrogens (tertiary/aromatic N) is 5. The second kappa shape index (κ2) is 8.02. The molecule has 3 aromatic rings. The molecule has 3 rings (SSSR count). The van der Waals surface area contributed by atoms with E-state index in [9.17, 15) is 22.4 Å². The van der Waals surface area contributed by atoms with E-state index in [2.05, 4.69) is 15.2 Å². The highest BCUT2D eigenvalue weighted by molar-refractivity contribution is 5.80. The molecule has 0 N–H and O–H groups in total. The van der Waals surface area contributed by atoms with Gasteiger partial charge in [0.15, 0.2) is 6.29 Å². The summed E-state index contributed by atoms with van der Waals surface area (Å²) in [5.74, 6) is 0.0538. The molecule has 1 unspecified atom stereocenters. The van der Waals surface area contributed by atoms with Gasteiger partial charge < -0.3 is 4.74 Å². The third-order valence-electron chi connectivity index (χ3n) is 4.10. The standard InChI is InChI=1S/C18H17F4N5O2/c1-11(19)15-13(8-28)17(26(2)25-15)29-9-12-4-3-6-23-16(12)14-5-7-24-27(14)10-18(20,21)22/h3-8,11H,9-10H2,1-2H3. The number of rotatable bonds is 7. The van der Waals surface area contributed by atoms with Gasteiger partial charge >= 0.3 is 6.18 Å². The van der Waals surface area contributed by atoms with Crippen LogP contribution < -0.4 is 4.74 Å². The summed E-state index contributed by atoms with van der Waals surface area (Å²) < 4.78 is 59.8. The van der Waals surface area contributed by atoms with Crippen molar-refractivity contribution in [2.45, 2.75) is 32.4 Å². The number of aryl methyl sites for hydroxylation is 1. The van der Waals surface area contributed by atoms with Crippen molar-refractivity contribution < 1.29 is 27.1 Å². The molecule has 29 heavy (non-hydrogen) atoms. The van der Waals surface area contributed by atoms with Crippen LogP contribution in [0.3, 0.4) is 0 Å². The van der Waals surface area contributed by atoms with Gasteiger partial charge in [-0.15, -0.1) is 0 Å². The number of aldehydes is 1. The van der Waals surface area contributed by atoms with E-state index < -0.39 is 18.9 Å². The fourth-order valence-corrected chi connectivity index (χ4v) is 2.88. The monoisotopic (exact) mass is 411 g/mol. The van der Waals surface area contributed by atoms with Crippen molar-refractivity contribution in [2.24, 2.45) is 7.05 Å². The highest BCUT2D eigenvalue weighted by Gasteiger charge is 2.30. The number of alkyl halides is 4. The van der Waals surface area contributed by atoms with Crippen molar-refractivity contribution in [3.63, 3.8) is 0 Å². The molecule has 1 atom stereocenters. The fraction of sp³-hybridized carbons (Fsp3) is 0.333. The van der Waals surface area contributed by atoms with Gasteiger partial charge in [0, 0.05) is 25.0 Å². The topological polar surface area (TPSA) is 74.8 Å². The molecule has 0 amide bonds. The van der Waals surface area contributed by atoms with Crippen molar-refractivity contribution in [3.05, 3.63) is 47.4 Å². The minimum atomic E-state index is -4.45. The van der Waals surface area contributed by atoms with E-state index in [0.29, 0.717) is 11.8 Å². The van der Waals surface area contributed by atoms with Crippen LogP contribution in [0.5, 0.6) is 5.88 Å². The van der Waals surface area contributed by atoms with E-state index in [4.69, 9.17) is 4.74 Å². The molecular weight excluding hydrogens is 394 g/mol. The van der Waals surface area contributed by atoms with Crippen molar-refractivity contribution >= 4 is 6.29 Å². The molecular formula is C18H17F4N5O2. The first-order valence-corrected chi connectivity index (χ1v) is 8.53. The normalized spacial score (nSPS) is 12.8. The van der Waals surface area contributed by atoms with Crippen LogP contribution in [-0.2, 0) is 20.2 Å². The summed E-state index contributed by atoms with van der Waals surface area (Å²) in [6.07, 6.45) is -2.77. The Balaban J connectivity index is 1.91. The highest BCUT2D eigenvalue weighted by Crippen LogP contribution is 2.29. The zero-order chi connectivity index (χ0) is 21.2. The largest absolute Gasteiger partial charge is 0.472 e. The summed E-state index contributed by atoms with van der Waals surface area (Å²) in [6, 6.07) is 4.65. The Kier molecular flexibility index (Phi) is 5.66. The van der Waals surface area contributed by atoms with E-state index >= 15 is 0 Å². The number of carbonyl (C=O) groups is 1. The number of carbonyl (C=O) groups excluding carboxylic acids is 1. The first kappa shape index (κ1) is 20.5. The molecule has 0 saturated heterocycles. The average Bonchev–Trinajstić information content (AvgIpc) is 3.22. The quantitative estimate of drug-likeness (QED) is 0.438. The maximum atomic E-state index is 13.7. The molecule has 0 aliphatic carbocycles. The van der Waals surface area contributed by atoms with Crippen LogP contribution in [-0.4, -0.2) is 37.0 Å². The number of hydrogen-bond acceptors (Lipinski definition) is 5. The number of hydrogen-bond donors (Lipinski definition) is 0. The number of pyridine rings is 1. The van der Waals surface area contributed by atoms with Gasteiger partial charge in [0.1, 0.15) is 30.6 Å². The smallest absolute Gasteiger partial charge is 0.408 e. The molecule has 0 radical (unpaired) electrons. The van der Waals surface area contributed by atoms with Gasteiger partial charge in [0.25, 0.3) is 0 Å². The number of ether oxygens (including phenoxy) is 1. The molecule has 0 aromatic carbocycles.